The lowest BCUT2D eigenvalue weighted by Crippen LogP contribution is -2.15. The van der Waals surface area contributed by atoms with Gasteiger partial charge in [-0.15, -0.1) is 0 Å². The molecule has 0 saturated heterocycles. The van der Waals surface area contributed by atoms with Gasteiger partial charge in [0, 0.05) is 5.56 Å². The van der Waals surface area contributed by atoms with Crippen LogP contribution in [0.3, 0.4) is 0 Å². The number of hydrogen-bond donors (Lipinski definition) is 1. The molecule has 0 aromatic carbocycles. The van der Waals surface area contributed by atoms with E-state index in [0.29, 0.717) is 23.8 Å². The van der Waals surface area contributed by atoms with Crippen LogP contribution in [-0.2, 0) is 6.18 Å². The van der Waals surface area contributed by atoms with E-state index in [2.05, 4.69) is 4.98 Å². The normalized spacial score (nSPS) is 29.9. The van der Waals surface area contributed by atoms with Crippen molar-refractivity contribution in [3.05, 3.63) is 28.5 Å². The Morgan fingerprint density at radius 1 is 1.29 bits per heavy atom. The number of hydrogen-bond acceptors (Lipinski definition) is 2. The molecule has 1 aromatic heterocycles. The quantitative estimate of drug-likeness (QED) is 0.825. The summed E-state index contributed by atoms with van der Waals surface area (Å²) in [5, 5.41) is 10.0. The van der Waals surface area contributed by atoms with Crippen LogP contribution in [0.15, 0.2) is 12.1 Å². The van der Waals surface area contributed by atoms with Gasteiger partial charge in [0.15, 0.2) is 0 Å². The molecule has 1 aromatic rings. The summed E-state index contributed by atoms with van der Waals surface area (Å²) in [4.78, 5) is 3.37. The third-order valence-electron chi connectivity index (χ3n) is 4.94. The molecule has 21 heavy (non-hydrogen) atoms. The minimum atomic E-state index is -4.52. The van der Waals surface area contributed by atoms with E-state index < -0.39 is 18.0 Å². The average Bonchev–Trinajstić information content (AvgIpc) is 2.99. The molecule has 2 aliphatic carbocycles. The smallest absolute Gasteiger partial charge is 0.388 e. The second-order valence-electron chi connectivity index (χ2n) is 6.26. The van der Waals surface area contributed by atoms with E-state index in [1.807, 2.05) is 0 Å². The highest BCUT2D eigenvalue weighted by Crippen LogP contribution is 2.51. The van der Waals surface area contributed by atoms with Crippen molar-refractivity contribution >= 4 is 11.6 Å². The monoisotopic (exact) mass is 319 g/mol. The molecule has 1 N–H and O–H groups in total. The Hall–Kier alpha value is -0.810. The molecule has 0 aliphatic heterocycles. The van der Waals surface area contributed by atoms with Crippen molar-refractivity contribution in [1.82, 2.24) is 4.98 Å². The summed E-state index contributed by atoms with van der Waals surface area (Å²) in [6.45, 7) is 0. The van der Waals surface area contributed by atoms with Crippen LogP contribution in [0.25, 0.3) is 0 Å². The van der Waals surface area contributed by atoms with E-state index in [9.17, 15) is 18.3 Å². The van der Waals surface area contributed by atoms with E-state index in [-0.39, 0.29) is 5.15 Å². The lowest BCUT2D eigenvalue weighted by molar-refractivity contribution is -0.141. The molecular weight excluding hydrogens is 303 g/mol. The van der Waals surface area contributed by atoms with E-state index in [0.717, 1.165) is 18.4 Å². The maximum absolute atomic E-state index is 12.5. The molecule has 116 valence electrons. The van der Waals surface area contributed by atoms with Crippen molar-refractivity contribution in [2.75, 3.05) is 0 Å². The standard InChI is InChI=1S/C15H17ClF3NO/c16-14-11(3-4-13(20-14)15(17,18)19)12(21)7-10-6-8-1-2-9(10)5-8/h3-4,8-10,12,21H,1-2,5-7H2. The van der Waals surface area contributed by atoms with Gasteiger partial charge < -0.3 is 5.11 Å². The molecule has 2 saturated carbocycles. The second-order valence-corrected chi connectivity index (χ2v) is 6.62. The minimum Gasteiger partial charge on any atom is -0.388 e. The summed E-state index contributed by atoms with van der Waals surface area (Å²) in [7, 11) is 0. The number of halogens is 4. The fourth-order valence-electron chi connectivity index (χ4n) is 3.93. The number of rotatable bonds is 3. The Kier molecular flexibility index (Phi) is 3.91. The first-order valence-electron chi connectivity index (χ1n) is 7.26. The van der Waals surface area contributed by atoms with Gasteiger partial charge in [0.1, 0.15) is 10.8 Å². The van der Waals surface area contributed by atoms with Crippen LogP contribution in [0.2, 0.25) is 5.15 Å². The van der Waals surface area contributed by atoms with Gasteiger partial charge in [-0.3, -0.25) is 0 Å². The van der Waals surface area contributed by atoms with Crippen molar-refractivity contribution in [1.29, 1.82) is 0 Å². The number of aliphatic hydroxyl groups is 1. The molecule has 0 spiro atoms. The van der Waals surface area contributed by atoms with E-state index in [1.54, 1.807) is 0 Å². The molecule has 6 heteroatoms. The Morgan fingerprint density at radius 3 is 2.57 bits per heavy atom. The highest BCUT2D eigenvalue weighted by molar-refractivity contribution is 6.30. The molecule has 0 radical (unpaired) electrons. The molecule has 2 bridgehead atoms. The molecule has 4 unspecified atom stereocenters. The minimum absolute atomic E-state index is 0.250. The van der Waals surface area contributed by atoms with Crippen molar-refractivity contribution in [3.8, 4) is 0 Å². The molecule has 2 fully saturated rings. The lowest BCUT2D eigenvalue weighted by atomic mass is 9.84. The number of fused-ring (bicyclic) bond motifs is 2. The molecule has 2 nitrogen and oxygen atoms in total. The van der Waals surface area contributed by atoms with E-state index in [1.165, 1.54) is 25.3 Å². The summed E-state index contributed by atoms with van der Waals surface area (Å²) in [5.41, 5.74) is -0.726. The summed E-state index contributed by atoms with van der Waals surface area (Å²) in [5.74, 6) is 1.89. The number of nitrogens with zero attached hydrogens (tertiary/aromatic N) is 1. The summed E-state index contributed by atoms with van der Waals surface area (Å²) in [6, 6.07) is 2.13. The second kappa shape index (κ2) is 5.43. The van der Waals surface area contributed by atoms with Crippen LogP contribution in [-0.4, -0.2) is 10.1 Å². The van der Waals surface area contributed by atoms with E-state index >= 15 is 0 Å². The maximum Gasteiger partial charge on any atom is 0.433 e. The van der Waals surface area contributed by atoms with Gasteiger partial charge in [0.25, 0.3) is 0 Å². The zero-order valence-electron chi connectivity index (χ0n) is 11.4. The first kappa shape index (κ1) is 15.1. The summed E-state index contributed by atoms with van der Waals surface area (Å²) < 4.78 is 37.6. The van der Waals surface area contributed by atoms with Crippen LogP contribution < -0.4 is 0 Å². The topological polar surface area (TPSA) is 33.1 Å². The van der Waals surface area contributed by atoms with Crippen LogP contribution in [0.4, 0.5) is 13.2 Å². The predicted molar refractivity (Wildman–Crippen MR) is 72.8 cm³/mol. The van der Waals surface area contributed by atoms with Crippen molar-refractivity contribution < 1.29 is 18.3 Å². The van der Waals surface area contributed by atoms with Crippen LogP contribution >= 0.6 is 11.6 Å². The van der Waals surface area contributed by atoms with Gasteiger partial charge in [0.05, 0.1) is 6.10 Å². The van der Waals surface area contributed by atoms with Crippen molar-refractivity contribution in [2.24, 2.45) is 17.8 Å². The summed E-state index contributed by atoms with van der Waals surface area (Å²) in [6.07, 6.45) is 0.0488. The van der Waals surface area contributed by atoms with Crippen molar-refractivity contribution in [3.63, 3.8) is 0 Å². The maximum atomic E-state index is 12.5. The Bertz CT molecular complexity index is 534. The first-order valence-corrected chi connectivity index (χ1v) is 7.64. The lowest BCUT2D eigenvalue weighted by Gasteiger charge is -2.24. The largest absolute Gasteiger partial charge is 0.433 e. The number of aliphatic hydroxyl groups excluding tert-OH is 1. The first-order chi connectivity index (χ1) is 9.84. The SMILES string of the molecule is OC(CC1CC2CCC1C2)c1ccc(C(F)(F)F)nc1Cl. The molecule has 2 aliphatic rings. The van der Waals surface area contributed by atoms with Gasteiger partial charge >= 0.3 is 6.18 Å². The Morgan fingerprint density at radius 2 is 2.05 bits per heavy atom. The highest BCUT2D eigenvalue weighted by atomic mass is 35.5. The van der Waals surface area contributed by atoms with Gasteiger partial charge in [0.2, 0.25) is 0 Å². The third-order valence-corrected chi connectivity index (χ3v) is 5.24. The van der Waals surface area contributed by atoms with Gasteiger partial charge in [-0.25, -0.2) is 4.98 Å². The molecule has 0 amide bonds. The molecule has 3 rings (SSSR count). The Balaban J connectivity index is 1.71. The van der Waals surface area contributed by atoms with E-state index in [4.69, 9.17) is 11.6 Å². The fraction of sp³-hybridized carbons (Fsp3) is 0.667. The van der Waals surface area contributed by atoms with Crippen molar-refractivity contribution in [2.45, 2.75) is 44.4 Å². The molecular formula is C15H17ClF3NO. The van der Waals surface area contributed by atoms with Crippen LogP contribution in [0.5, 0.6) is 0 Å². The van der Waals surface area contributed by atoms with Crippen LogP contribution in [0, 0.1) is 17.8 Å². The average molecular weight is 320 g/mol. The number of alkyl halides is 3. The van der Waals surface area contributed by atoms with Gasteiger partial charge in [-0.2, -0.15) is 13.2 Å². The summed E-state index contributed by atoms with van der Waals surface area (Å²) >= 11 is 5.82. The van der Waals surface area contributed by atoms with Crippen LogP contribution in [0.1, 0.15) is 49.5 Å². The highest BCUT2D eigenvalue weighted by Gasteiger charge is 2.40. The third kappa shape index (κ3) is 3.04. The Labute approximate surface area is 126 Å². The number of aromatic nitrogens is 1. The molecule has 1 heterocycles. The zero-order valence-corrected chi connectivity index (χ0v) is 12.2. The fourth-order valence-corrected chi connectivity index (χ4v) is 4.21. The van der Waals surface area contributed by atoms with Gasteiger partial charge in [-0.1, -0.05) is 24.1 Å². The number of pyridine rings is 1. The molecule has 4 atom stereocenters. The predicted octanol–water partition coefficient (Wildman–Crippen LogP) is 4.61. The zero-order chi connectivity index (χ0) is 15.2. The van der Waals surface area contributed by atoms with Gasteiger partial charge in [-0.05, 0) is 49.5 Å².